The Kier molecular flexibility index (Phi) is 5.56. The molecule has 0 aliphatic carbocycles. The van der Waals surface area contributed by atoms with Crippen LogP contribution in [0.15, 0.2) is 29.4 Å². The first-order chi connectivity index (χ1) is 10.3. The Morgan fingerprint density at radius 1 is 1.41 bits per heavy atom. The minimum Gasteiger partial charge on any atom is -0.444 e. The van der Waals surface area contributed by atoms with Crippen molar-refractivity contribution >= 4 is 16.9 Å². The maximum Gasteiger partial charge on any atom is 0.410 e. The van der Waals surface area contributed by atoms with Crippen LogP contribution in [0.1, 0.15) is 33.6 Å². The van der Waals surface area contributed by atoms with E-state index in [1.807, 2.05) is 20.8 Å². The van der Waals surface area contributed by atoms with Gasteiger partial charge in [-0.05, 0) is 51.7 Å². The van der Waals surface area contributed by atoms with Gasteiger partial charge in [0.15, 0.2) is 0 Å². The van der Waals surface area contributed by atoms with Gasteiger partial charge in [0.25, 0.3) is 0 Å². The van der Waals surface area contributed by atoms with Gasteiger partial charge in [-0.15, -0.1) is 0 Å². The molecule has 2 rings (SSSR count). The summed E-state index contributed by atoms with van der Waals surface area (Å²) in [6.45, 7) is 6.93. The fourth-order valence-electron chi connectivity index (χ4n) is 2.49. The molecule has 0 unspecified atom stereocenters. The number of aromatic nitrogens is 1. The van der Waals surface area contributed by atoms with Crippen molar-refractivity contribution in [2.75, 3.05) is 18.8 Å². The van der Waals surface area contributed by atoms with Gasteiger partial charge in [-0.25, -0.2) is 4.79 Å². The van der Waals surface area contributed by atoms with Crippen LogP contribution in [0.25, 0.3) is 0 Å². The molecule has 2 heterocycles. The third kappa shape index (κ3) is 5.09. The summed E-state index contributed by atoms with van der Waals surface area (Å²) in [6, 6.07) is 3.56. The van der Waals surface area contributed by atoms with Gasteiger partial charge in [-0.2, -0.15) is 0 Å². The smallest absolute Gasteiger partial charge is 0.410 e. The number of piperidine rings is 1. The van der Waals surface area contributed by atoms with Gasteiger partial charge in [-0.3, -0.25) is 9.19 Å². The molecule has 0 aromatic carbocycles. The monoisotopic (exact) mass is 324 g/mol. The Labute approximate surface area is 134 Å². The number of pyridine rings is 1. The highest BCUT2D eigenvalue weighted by atomic mass is 32.2. The third-order valence-corrected chi connectivity index (χ3v) is 5.04. The van der Waals surface area contributed by atoms with E-state index in [4.69, 9.17) is 4.74 Å². The first-order valence-corrected chi connectivity index (χ1v) is 8.93. The van der Waals surface area contributed by atoms with E-state index in [2.05, 4.69) is 4.98 Å². The predicted molar refractivity (Wildman–Crippen MR) is 86.0 cm³/mol. The molecule has 0 spiro atoms. The molecule has 5 nitrogen and oxygen atoms in total. The quantitative estimate of drug-likeness (QED) is 0.858. The molecule has 22 heavy (non-hydrogen) atoms. The van der Waals surface area contributed by atoms with Gasteiger partial charge < -0.3 is 9.64 Å². The number of likely N-dealkylation sites (tertiary alicyclic amines) is 1. The summed E-state index contributed by atoms with van der Waals surface area (Å²) in [6.07, 6.45) is 4.96. The molecular weight excluding hydrogens is 300 g/mol. The van der Waals surface area contributed by atoms with E-state index in [-0.39, 0.29) is 12.0 Å². The molecule has 1 fully saturated rings. The summed E-state index contributed by atoms with van der Waals surface area (Å²) in [5.74, 6) is 0.818. The van der Waals surface area contributed by atoms with Crippen LogP contribution in [-0.4, -0.2) is 44.6 Å². The van der Waals surface area contributed by atoms with Crippen LogP contribution < -0.4 is 0 Å². The summed E-state index contributed by atoms with van der Waals surface area (Å²) in [4.78, 5) is 18.6. The maximum absolute atomic E-state index is 12.4. The van der Waals surface area contributed by atoms with E-state index < -0.39 is 16.4 Å². The van der Waals surface area contributed by atoms with Crippen LogP contribution >= 0.6 is 0 Å². The standard InChI is InChI=1S/C16H24N2O3S/c1-16(2,3)21-15(19)18-10-4-5-13(11-18)12-22(20)14-6-8-17-9-7-14/h6-9,13H,4-5,10-12H2,1-3H3/t13-,22-/m0/s1. The van der Waals surface area contributed by atoms with Gasteiger partial charge in [0.1, 0.15) is 5.60 Å². The zero-order chi connectivity index (χ0) is 16.2. The molecule has 122 valence electrons. The lowest BCUT2D eigenvalue weighted by atomic mass is 10.0. The molecule has 1 amide bonds. The molecule has 1 saturated heterocycles. The molecule has 0 N–H and O–H groups in total. The number of hydrogen-bond donors (Lipinski definition) is 0. The second-order valence-corrected chi connectivity index (χ2v) is 8.13. The fraction of sp³-hybridized carbons (Fsp3) is 0.625. The average molecular weight is 324 g/mol. The molecule has 0 radical (unpaired) electrons. The van der Waals surface area contributed by atoms with Crippen molar-refractivity contribution in [2.45, 2.75) is 44.1 Å². The molecule has 2 atom stereocenters. The van der Waals surface area contributed by atoms with Crippen LogP contribution in [0.5, 0.6) is 0 Å². The van der Waals surface area contributed by atoms with Crippen LogP contribution in [-0.2, 0) is 15.5 Å². The minimum absolute atomic E-state index is 0.246. The second-order valence-electron chi connectivity index (χ2n) is 6.63. The van der Waals surface area contributed by atoms with Crippen molar-refractivity contribution in [3.8, 4) is 0 Å². The topological polar surface area (TPSA) is 59.5 Å². The van der Waals surface area contributed by atoms with E-state index in [9.17, 15) is 9.00 Å². The lowest BCUT2D eigenvalue weighted by Gasteiger charge is -2.34. The van der Waals surface area contributed by atoms with E-state index in [0.717, 1.165) is 17.7 Å². The van der Waals surface area contributed by atoms with Crippen LogP contribution in [0.2, 0.25) is 0 Å². The Hall–Kier alpha value is -1.43. The van der Waals surface area contributed by atoms with Crippen molar-refractivity contribution in [1.29, 1.82) is 0 Å². The largest absolute Gasteiger partial charge is 0.444 e. The number of amides is 1. The number of hydrogen-bond acceptors (Lipinski definition) is 4. The van der Waals surface area contributed by atoms with E-state index in [1.165, 1.54) is 0 Å². The minimum atomic E-state index is -1.05. The van der Waals surface area contributed by atoms with E-state index >= 15 is 0 Å². The first kappa shape index (κ1) is 16.9. The van der Waals surface area contributed by atoms with Gasteiger partial charge in [-0.1, -0.05) is 0 Å². The van der Waals surface area contributed by atoms with E-state index in [0.29, 0.717) is 18.8 Å². The van der Waals surface area contributed by atoms with Crippen molar-refractivity contribution in [2.24, 2.45) is 5.92 Å². The molecular formula is C16H24N2O3S. The summed E-state index contributed by atoms with van der Waals surface area (Å²) in [5.41, 5.74) is -0.482. The number of carbonyl (C=O) groups excluding carboxylic acids is 1. The van der Waals surface area contributed by atoms with Crippen molar-refractivity contribution in [3.05, 3.63) is 24.5 Å². The molecule has 1 aliphatic heterocycles. The number of nitrogens with zero attached hydrogens (tertiary/aromatic N) is 2. The zero-order valence-corrected chi connectivity index (χ0v) is 14.3. The van der Waals surface area contributed by atoms with Gasteiger partial charge in [0.2, 0.25) is 0 Å². The number of ether oxygens (including phenoxy) is 1. The molecule has 0 bridgehead atoms. The Balaban J connectivity index is 1.91. The molecule has 6 heteroatoms. The van der Waals surface area contributed by atoms with Gasteiger partial charge in [0.05, 0.1) is 10.8 Å². The predicted octanol–water partition coefficient (Wildman–Crippen LogP) is 2.84. The summed E-state index contributed by atoms with van der Waals surface area (Å²) in [7, 11) is -1.05. The van der Waals surface area contributed by atoms with Gasteiger partial charge >= 0.3 is 6.09 Å². The Morgan fingerprint density at radius 2 is 2.09 bits per heavy atom. The van der Waals surface area contributed by atoms with Crippen molar-refractivity contribution in [1.82, 2.24) is 9.88 Å². The normalized spacial score (nSPS) is 20.5. The number of rotatable bonds is 3. The summed E-state index contributed by atoms with van der Waals surface area (Å²) >= 11 is 0. The highest BCUT2D eigenvalue weighted by Crippen LogP contribution is 2.21. The number of carbonyl (C=O) groups is 1. The molecule has 0 saturated carbocycles. The summed E-state index contributed by atoms with van der Waals surface area (Å²) in [5, 5.41) is 0. The van der Waals surface area contributed by atoms with Crippen LogP contribution in [0.4, 0.5) is 4.79 Å². The van der Waals surface area contributed by atoms with Gasteiger partial charge in [0, 0.05) is 36.1 Å². The fourth-order valence-corrected chi connectivity index (χ4v) is 3.81. The van der Waals surface area contributed by atoms with Crippen LogP contribution in [0, 0.1) is 5.92 Å². The lowest BCUT2D eigenvalue weighted by molar-refractivity contribution is 0.0176. The molecule has 1 aliphatic rings. The zero-order valence-electron chi connectivity index (χ0n) is 13.4. The Bertz CT molecular complexity index is 528. The lowest BCUT2D eigenvalue weighted by Crippen LogP contribution is -2.43. The van der Waals surface area contributed by atoms with E-state index in [1.54, 1.807) is 29.4 Å². The van der Waals surface area contributed by atoms with Crippen molar-refractivity contribution in [3.63, 3.8) is 0 Å². The molecule has 1 aromatic heterocycles. The molecule has 1 aromatic rings. The Morgan fingerprint density at radius 3 is 2.73 bits per heavy atom. The van der Waals surface area contributed by atoms with Crippen LogP contribution in [0.3, 0.4) is 0 Å². The summed E-state index contributed by atoms with van der Waals surface area (Å²) < 4.78 is 17.8. The van der Waals surface area contributed by atoms with Crippen molar-refractivity contribution < 1.29 is 13.7 Å². The highest BCUT2D eigenvalue weighted by Gasteiger charge is 2.28. The third-order valence-electron chi connectivity index (χ3n) is 3.47. The maximum atomic E-state index is 12.4. The SMILES string of the molecule is CC(C)(C)OC(=O)N1CCC[C@H](C[S@](=O)c2ccncc2)C1. The first-order valence-electron chi connectivity index (χ1n) is 7.61. The second kappa shape index (κ2) is 7.22. The highest BCUT2D eigenvalue weighted by molar-refractivity contribution is 7.85. The average Bonchev–Trinajstić information content (AvgIpc) is 2.46.